The lowest BCUT2D eigenvalue weighted by Crippen LogP contribution is -2.54. The molecule has 5 heterocycles. The van der Waals surface area contributed by atoms with E-state index in [2.05, 4.69) is 15.6 Å². The summed E-state index contributed by atoms with van der Waals surface area (Å²) in [7, 11) is -3.03. The number of sulfone groups is 1. The fourth-order valence-corrected chi connectivity index (χ4v) is 10.7. The molecule has 0 aliphatic carbocycles. The summed E-state index contributed by atoms with van der Waals surface area (Å²) in [6.07, 6.45) is 10.1. The Labute approximate surface area is 352 Å². The van der Waals surface area contributed by atoms with E-state index in [0.717, 1.165) is 71.4 Å². The quantitative estimate of drug-likeness (QED) is 0.0380. The van der Waals surface area contributed by atoms with Crippen LogP contribution in [-0.4, -0.2) is 83.3 Å². The maximum Gasteiger partial charge on any atom is 0.262 e. The van der Waals surface area contributed by atoms with Crippen LogP contribution in [0.2, 0.25) is 0 Å². The normalized spacial score (nSPS) is 18.2. The first kappa shape index (κ1) is 42.6. The molecular formula is C44H50N6O8S2. The van der Waals surface area contributed by atoms with E-state index in [1.165, 1.54) is 11.3 Å². The number of fused-ring (bicyclic) bond motifs is 2. The number of imide groups is 2. The van der Waals surface area contributed by atoms with Gasteiger partial charge in [-0.05, 0) is 74.9 Å². The third kappa shape index (κ3) is 9.44. The van der Waals surface area contributed by atoms with Crippen molar-refractivity contribution in [2.45, 2.75) is 103 Å². The van der Waals surface area contributed by atoms with Crippen LogP contribution in [0, 0.1) is 0 Å². The van der Waals surface area contributed by atoms with E-state index < -0.39 is 39.5 Å². The molecule has 1 unspecified atom stereocenters. The predicted octanol–water partition coefficient (Wildman–Crippen LogP) is 5.85. The predicted molar refractivity (Wildman–Crippen MR) is 232 cm³/mol. The summed E-state index contributed by atoms with van der Waals surface area (Å²) in [6.45, 7) is 3.08. The summed E-state index contributed by atoms with van der Waals surface area (Å²) >= 11 is 1.38. The van der Waals surface area contributed by atoms with E-state index in [0.29, 0.717) is 54.0 Å². The van der Waals surface area contributed by atoms with Gasteiger partial charge in [-0.25, -0.2) is 8.42 Å². The summed E-state index contributed by atoms with van der Waals surface area (Å²) in [5, 5.41) is 6.07. The van der Waals surface area contributed by atoms with E-state index >= 15 is 0 Å². The van der Waals surface area contributed by atoms with Gasteiger partial charge in [-0.1, -0.05) is 50.3 Å². The van der Waals surface area contributed by atoms with Gasteiger partial charge in [-0.3, -0.25) is 44.0 Å². The number of carbonyl (C=O) groups excluding carboxylic acids is 5. The molecule has 60 heavy (non-hydrogen) atoms. The van der Waals surface area contributed by atoms with Crippen LogP contribution in [0.1, 0.15) is 120 Å². The highest BCUT2D eigenvalue weighted by molar-refractivity contribution is 7.91. The van der Waals surface area contributed by atoms with Crippen molar-refractivity contribution in [1.82, 2.24) is 14.8 Å². The van der Waals surface area contributed by atoms with E-state index in [1.807, 2.05) is 37.4 Å². The minimum absolute atomic E-state index is 0.0713. The van der Waals surface area contributed by atoms with E-state index in [9.17, 15) is 37.2 Å². The smallest absolute Gasteiger partial charge is 0.262 e. The van der Waals surface area contributed by atoms with Crippen molar-refractivity contribution in [3.05, 3.63) is 86.6 Å². The minimum Gasteiger partial charge on any atom is -0.385 e. The molecule has 316 valence electrons. The molecule has 4 amide bonds. The number of unbranched alkanes of at least 4 members (excludes halogenated alkanes) is 6. The highest BCUT2D eigenvalue weighted by atomic mass is 32.2. The van der Waals surface area contributed by atoms with Gasteiger partial charge in [0.15, 0.2) is 5.78 Å². The second-order valence-electron chi connectivity index (χ2n) is 15.7. The summed E-state index contributed by atoms with van der Waals surface area (Å²) in [5.41, 5.74) is 9.81. The molecule has 3 aliphatic rings. The van der Waals surface area contributed by atoms with Crippen molar-refractivity contribution in [3.8, 4) is 11.1 Å². The van der Waals surface area contributed by atoms with Gasteiger partial charge in [0, 0.05) is 53.6 Å². The summed E-state index contributed by atoms with van der Waals surface area (Å²) in [5.74, 6) is -1.53. The Bertz CT molecular complexity index is 2550. The number of amidine groups is 1. The van der Waals surface area contributed by atoms with Crippen LogP contribution < -0.4 is 21.9 Å². The number of aromatic nitrogens is 1. The van der Waals surface area contributed by atoms with Gasteiger partial charge >= 0.3 is 0 Å². The average molecular weight is 855 g/mol. The fraction of sp³-hybridized carbons (Fsp3) is 0.432. The third-order valence-corrected chi connectivity index (χ3v) is 14.4. The molecule has 16 heteroatoms. The molecule has 2 fully saturated rings. The van der Waals surface area contributed by atoms with Crippen LogP contribution in [0.25, 0.3) is 21.2 Å². The number of rotatable bonds is 17. The first-order valence-corrected chi connectivity index (χ1v) is 23.4. The van der Waals surface area contributed by atoms with Crippen molar-refractivity contribution in [2.75, 3.05) is 23.4 Å². The number of nitrogens with one attached hydrogen (secondary N) is 2. The molecule has 0 spiro atoms. The number of aliphatic imine (C=N–C) groups is 1. The number of pyridine rings is 1. The Balaban J connectivity index is 0.855. The van der Waals surface area contributed by atoms with Crippen molar-refractivity contribution < 1.29 is 32.4 Å². The number of amides is 4. The molecule has 3 aliphatic heterocycles. The van der Waals surface area contributed by atoms with Crippen LogP contribution in [0.15, 0.2) is 64.5 Å². The number of nitrogens with two attached hydrogens (primary N) is 1. The van der Waals surface area contributed by atoms with Gasteiger partial charge in [-0.15, -0.1) is 11.3 Å². The van der Waals surface area contributed by atoms with Crippen molar-refractivity contribution in [1.29, 1.82) is 0 Å². The molecule has 0 saturated carbocycles. The highest BCUT2D eigenvalue weighted by Crippen LogP contribution is 2.35. The first-order chi connectivity index (χ1) is 28.8. The van der Waals surface area contributed by atoms with Crippen LogP contribution in [0.4, 0.5) is 5.69 Å². The number of aryl methyl sites for hydroxylation is 1. The molecule has 2 aromatic carbocycles. The number of piperidine rings is 1. The Hall–Kier alpha value is -5.48. The minimum atomic E-state index is -3.03. The van der Waals surface area contributed by atoms with Gasteiger partial charge in [0.25, 0.3) is 17.4 Å². The van der Waals surface area contributed by atoms with E-state index in [-0.39, 0.29) is 52.9 Å². The Morgan fingerprint density at radius 1 is 0.883 bits per heavy atom. The second kappa shape index (κ2) is 18.4. The van der Waals surface area contributed by atoms with Crippen LogP contribution >= 0.6 is 11.3 Å². The van der Waals surface area contributed by atoms with Crippen molar-refractivity contribution in [2.24, 2.45) is 10.7 Å². The van der Waals surface area contributed by atoms with Crippen LogP contribution in [-0.2, 0) is 26.0 Å². The summed E-state index contributed by atoms with van der Waals surface area (Å²) < 4.78 is 26.2. The van der Waals surface area contributed by atoms with E-state index in [1.54, 1.807) is 28.8 Å². The molecule has 4 aromatic rings. The standard InChI is InChI=1S/C44H50N6O8S2/c1-2-49-26-34(39-33(42(49)54)25-37(59-39)40(45)47-29-18-21-60(57,58)22-19-29)27-11-10-12-28(23-27)36(51)13-8-6-4-3-5-7-9-20-46-30-14-15-31-32(24-30)44(56)50(43(31)55)35-16-17-38(52)48-41(35)53/h10-12,14-15,23-26,29,35,46H,2-9,13,16-22H2,1H3,(H2,45,47)(H,48,52,53). The maximum atomic E-state index is 13.4. The Kier molecular flexibility index (Phi) is 13.1. The van der Waals surface area contributed by atoms with Gasteiger partial charge in [0.2, 0.25) is 11.8 Å². The molecule has 4 N–H and O–H groups in total. The molecule has 0 bridgehead atoms. The largest absolute Gasteiger partial charge is 0.385 e. The van der Waals surface area contributed by atoms with Gasteiger partial charge in [0.1, 0.15) is 21.7 Å². The number of thiophene rings is 1. The van der Waals surface area contributed by atoms with Crippen LogP contribution in [0.3, 0.4) is 0 Å². The lowest BCUT2D eigenvalue weighted by atomic mass is 9.99. The zero-order chi connectivity index (χ0) is 42.6. The van der Waals surface area contributed by atoms with Crippen molar-refractivity contribution >= 4 is 72.2 Å². The average Bonchev–Trinajstić information content (AvgIpc) is 3.79. The van der Waals surface area contributed by atoms with Crippen molar-refractivity contribution in [3.63, 3.8) is 0 Å². The Morgan fingerprint density at radius 2 is 1.60 bits per heavy atom. The zero-order valence-electron chi connectivity index (χ0n) is 33.7. The Morgan fingerprint density at radius 3 is 2.33 bits per heavy atom. The number of carbonyl (C=O) groups is 5. The topological polar surface area (TPSA) is 207 Å². The highest BCUT2D eigenvalue weighted by Gasteiger charge is 2.44. The van der Waals surface area contributed by atoms with Gasteiger partial charge in [0.05, 0.1) is 38.9 Å². The second-order valence-corrected chi connectivity index (χ2v) is 19.1. The summed E-state index contributed by atoms with van der Waals surface area (Å²) in [6, 6.07) is 13.1. The fourth-order valence-electron chi connectivity index (χ4n) is 8.12. The number of hydrogen-bond acceptors (Lipinski definition) is 11. The number of benzene rings is 2. The number of ketones is 1. The molecule has 0 radical (unpaired) electrons. The molecule has 1 atom stereocenters. The zero-order valence-corrected chi connectivity index (χ0v) is 35.3. The lowest BCUT2D eigenvalue weighted by molar-refractivity contribution is -0.136. The first-order valence-electron chi connectivity index (χ1n) is 20.8. The lowest BCUT2D eigenvalue weighted by Gasteiger charge is -2.27. The number of anilines is 1. The molecular weight excluding hydrogens is 805 g/mol. The third-order valence-electron chi connectivity index (χ3n) is 11.5. The van der Waals surface area contributed by atoms with Crippen LogP contribution in [0.5, 0.6) is 0 Å². The number of Topliss-reactive ketones (excluding diaryl/α,β-unsaturated/α-hetero) is 1. The molecule has 7 rings (SSSR count). The SMILES string of the molecule is CCn1cc(-c2cccc(C(=O)CCCCCCCCCNc3ccc4c(c3)C(=O)N(C3CCC(=O)NC3=O)C4=O)c2)c2sc(C(N)=NC3CCS(=O)(=O)CC3)cc2c1=O. The van der Waals surface area contributed by atoms with Gasteiger partial charge < -0.3 is 15.6 Å². The number of hydrogen-bond donors (Lipinski definition) is 3. The maximum absolute atomic E-state index is 13.4. The monoisotopic (exact) mass is 854 g/mol. The molecule has 14 nitrogen and oxygen atoms in total. The van der Waals surface area contributed by atoms with E-state index in [4.69, 9.17) is 5.73 Å². The molecule has 2 aromatic heterocycles. The molecule has 2 saturated heterocycles. The summed E-state index contributed by atoms with van der Waals surface area (Å²) in [4.78, 5) is 82.9. The number of nitrogens with zero attached hydrogens (tertiary/aromatic N) is 3. The van der Waals surface area contributed by atoms with Gasteiger partial charge in [-0.2, -0.15) is 0 Å².